The molecule has 10 heterocycles. The van der Waals surface area contributed by atoms with Gasteiger partial charge in [0.25, 0.3) is 0 Å². The molecule has 332 valence electrons. The minimum Gasteiger partial charge on any atom is -0.306 e. The van der Waals surface area contributed by atoms with Crippen molar-refractivity contribution < 1.29 is 0 Å². The highest BCUT2D eigenvalue weighted by Crippen LogP contribution is 2.53. The molecular formula is C61H38N10. The van der Waals surface area contributed by atoms with E-state index < -0.39 is 0 Å². The highest BCUT2D eigenvalue weighted by Gasteiger charge is 2.36. The molecule has 10 heteroatoms. The molecule has 0 aliphatic rings. The fourth-order valence-corrected chi connectivity index (χ4v) is 11.5. The molecule has 10 nitrogen and oxygen atoms in total. The van der Waals surface area contributed by atoms with Gasteiger partial charge in [-0.3, -0.25) is 29.9 Å². The van der Waals surface area contributed by atoms with Crippen LogP contribution in [0.3, 0.4) is 0 Å². The fourth-order valence-electron chi connectivity index (χ4n) is 11.5. The first-order chi connectivity index (χ1) is 35.2. The number of rotatable bonds is 6. The number of hydrogen-bond acceptors (Lipinski definition) is 6. The van der Waals surface area contributed by atoms with E-state index in [1.165, 1.54) is 0 Å². The molecule has 0 aliphatic carbocycles. The van der Waals surface area contributed by atoms with Crippen LogP contribution in [-0.2, 0) is 0 Å². The van der Waals surface area contributed by atoms with E-state index in [1.54, 1.807) is 0 Å². The Morgan fingerprint density at radius 3 is 1.00 bits per heavy atom. The fraction of sp³-hybridized carbons (Fsp3) is 0.0164. The Morgan fingerprint density at radius 2 is 0.620 bits per heavy atom. The summed E-state index contributed by atoms with van der Waals surface area (Å²) in [5, 5.41) is 8.46. The molecule has 71 heavy (non-hydrogen) atoms. The summed E-state index contributed by atoms with van der Waals surface area (Å²) in [6.07, 6.45) is 17.5. The van der Waals surface area contributed by atoms with Gasteiger partial charge in [0, 0.05) is 116 Å². The minimum atomic E-state index is 0.783. The van der Waals surface area contributed by atoms with Crippen molar-refractivity contribution in [1.29, 1.82) is 0 Å². The van der Waals surface area contributed by atoms with Gasteiger partial charge in [0.15, 0.2) is 0 Å². The number of fused-ring (bicyclic) bond motifs is 12. The zero-order chi connectivity index (χ0) is 46.7. The van der Waals surface area contributed by atoms with Crippen LogP contribution in [0, 0.1) is 6.92 Å². The van der Waals surface area contributed by atoms with Crippen LogP contribution < -0.4 is 0 Å². The van der Waals surface area contributed by atoms with Gasteiger partial charge in [0.2, 0.25) is 0 Å². The molecule has 5 aromatic carbocycles. The largest absolute Gasteiger partial charge is 0.306 e. The maximum absolute atomic E-state index is 5.54. The van der Waals surface area contributed by atoms with E-state index in [0.717, 1.165) is 138 Å². The van der Waals surface area contributed by atoms with Gasteiger partial charge in [-0.2, -0.15) is 0 Å². The predicted molar refractivity (Wildman–Crippen MR) is 286 cm³/mol. The Balaban J connectivity index is 1.36. The first-order valence-corrected chi connectivity index (χ1v) is 23.7. The van der Waals surface area contributed by atoms with Crippen molar-refractivity contribution in [2.24, 2.45) is 0 Å². The van der Waals surface area contributed by atoms with Crippen LogP contribution in [0.15, 0.2) is 213 Å². The molecule has 15 aromatic rings. The van der Waals surface area contributed by atoms with E-state index in [1.807, 2.05) is 61.8 Å². The average molecular weight is 911 g/mol. The molecule has 0 bridgehead atoms. The Labute approximate surface area is 405 Å². The lowest BCUT2D eigenvalue weighted by molar-refractivity contribution is 1.02. The van der Waals surface area contributed by atoms with Crippen molar-refractivity contribution >= 4 is 87.2 Å². The minimum absolute atomic E-state index is 0.783. The number of nitrogens with zero attached hydrogens (tertiary/aromatic N) is 10. The smallest absolute Gasteiger partial charge is 0.0976 e. The molecule has 10 aromatic heterocycles. The molecule has 0 atom stereocenters. The van der Waals surface area contributed by atoms with Crippen molar-refractivity contribution in [3.05, 3.63) is 219 Å². The molecule has 0 unspecified atom stereocenters. The Kier molecular flexibility index (Phi) is 8.34. The van der Waals surface area contributed by atoms with Crippen LogP contribution in [0.4, 0.5) is 0 Å². The zero-order valence-electron chi connectivity index (χ0n) is 38.2. The summed E-state index contributed by atoms with van der Waals surface area (Å²) in [7, 11) is 0. The third-order valence-electron chi connectivity index (χ3n) is 14.3. The van der Waals surface area contributed by atoms with E-state index in [-0.39, 0.29) is 0 Å². The maximum Gasteiger partial charge on any atom is 0.0976 e. The van der Waals surface area contributed by atoms with Crippen LogP contribution in [0.2, 0.25) is 0 Å². The Morgan fingerprint density at radius 1 is 0.282 bits per heavy atom. The summed E-state index contributed by atoms with van der Waals surface area (Å²) >= 11 is 0. The number of aryl methyl sites for hydroxylation is 1. The summed E-state index contributed by atoms with van der Waals surface area (Å²) in [5.74, 6) is 0. The molecule has 0 spiro atoms. The van der Waals surface area contributed by atoms with E-state index in [0.29, 0.717) is 0 Å². The van der Waals surface area contributed by atoms with Crippen molar-refractivity contribution in [1.82, 2.24) is 48.2 Å². The summed E-state index contributed by atoms with van der Waals surface area (Å²) in [6.45, 7) is 2.07. The molecule has 0 amide bonds. The van der Waals surface area contributed by atoms with Crippen LogP contribution >= 0.6 is 0 Å². The maximum atomic E-state index is 5.54. The molecule has 0 saturated heterocycles. The third-order valence-corrected chi connectivity index (χ3v) is 14.3. The second kappa shape index (κ2) is 15.1. The molecule has 0 radical (unpaired) electrons. The van der Waals surface area contributed by atoms with Gasteiger partial charge >= 0.3 is 0 Å². The zero-order valence-corrected chi connectivity index (χ0v) is 38.2. The van der Waals surface area contributed by atoms with Crippen LogP contribution in [0.5, 0.6) is 0 Å². The number of para-hydroxylation sites is 4. The van der Waals surface area contributed by atoms with E-state index in [2.05, 4.69) is 177 Å². The summed E-state index contributed by atoms with van der Waals surface area (Å²) in [5.41, 5.74) is 16.0. The second-order valence-electron chi connectivity index (χ2n) is 18.0. The van der Waals surface area contributed by atoms with Crippen LogP contribution in [-0.4, -0.2) is 48.2 Å². The van der Waals surface area contributed by atoms with Gasteiger partial charge in [0.1, 0.15) is 0 Å². The van der Waals surface area contributed by atoms with Crippen molar-refractivity contribution in [2.75, 3.05) is 0 Å². The first kappa shape index (κ1) is 39.2. The van der Waals surface area contributed by atoms with Crippen molar-refractivity contribution in [3.63, 3.8) is 0 Å². The van der Waals surface area contributed by atoms with Crippen LogP contribution in [0.25, 0.3) is 132 Å². The van der Waals surface area contributed by atoms with Crippen molar-refractivity contribution in [3.8, 4) is 45.3 Å². The number of aromatic nitrogens is 10. The molecule has 0 fully saturated rings. The lowest BCUT2D eigenvalue weighted by Crippen LogP contribution is -2.17. The third kappa shape index (κ3) is 5.52. The Bertz CT molecular complexity index is 4460. The lowest BCUT2D eigenvalue weighted by atomic mass is 9.92. The highest BCUT2D eigenvalue weighted by atomic mass is 15.1. The predicted octanol–water partition coefficient (Wildman–Crippen LogP) is 14.1. The lowest BCUT2D eigenvalue weighted by Gasteiger charge is -2.30. The molecule has 15 rings (SSSR count). The van der Waals surface area contributed by atoms with Gasteiger partial charge in [-0.15, -0.1) is 0 Å². The normalized spacial score (nSPS) is 12.0. The second-order valence-corrected chi connectivity index (χ2v) is 18.0. The van der Waals surface area contributed by atoms with Crippen LogP contribution in [0.1, 0.15) is 5.69 Å². The summed E-state index contributed by atoms with van der Waals surface area (Å²) in [4.78, 5) is 29.9. The molecule has 0 aliphatic heterocycles. The molecular weight excluding hydrogens is 873 g/mol. The van der Waals surface area contributed by atoms with Gasteiger partial charge in [0.05, 0.1) is 78.3 Å². The van der Waals surface area contributed by atoms with Gasteiger partial charge in [-0.25, -0.2) is 0 Å². The Hall–Kier alpha value is -9.80. The van der Waals surface area contributed by atoms with E-state index in [9.17, 15) is 0 Å². The van der Waals surface area contributed by atoms with Crippen molar-refractivity contribution in [2.45, 2.75) is 6.92 Å². The van der Waals surface area contributed by atoms with E-state index in [4.69, 9.17) is 29.9 Å². The molecule has 0 N–H and O–H groups in total. The number of benzene rings is 5. The number of pyridine rings is 6. The van der Waals surface area contributed by atoms with Gasteiger partial charge < -0.3 is 18.3 Å². The summed E-state index contributed by atoms with van der Waals surface area (Å²) < 4.78 is 9.85. The average Bonchev–Trinajstić information content (AvgIpc) is 4.16. The standard InChI is InChI=1S/C61H38N10/c1-37-13-12-19-47(67-37)57-56(46-18-10-11-28-66-46)58(68-48-20-6-2-14-38(48)42-33-62-29-24-52(42)68)60(70-50-22-8-4-16-40(50)44-35-64-31-26-54(44)70)61(71-51-23-9-5-17-41(51)45-36-65-32-27-55(45)71)59(57)69-49-21-7-3-15-39(49)43-34-63-30-25-53(43)69/h2-36H,1H3. The number of hydrogen-bond donors (Lipinski definition) is 0. The highest BCUT2D eigenvalue weighted by molar-refractivity contribution is 6.18. The van der Waals surface area contributed by atoms with Gasteiger partial charge in [-0.1, -0.05) is 84.9 Å². The topological polar surface area (TPSA) is 97.1 Å². The van der Waals surface area contributed by atoms with Gasteiger partial charge in [-0.05, 0) is 79.7 Å². The SMILES string of the molecule is Cc1cccc(-c2c(-c3ccccn3)c(-n3c4ccccc4c4cnccc43)c(-n3c4ccccc4c4cnccc43)c(-n3c4ccccc4c4cnccc43)c2-n2c3ccccc3c3cnccc32)n1. The van der Waals surface area contributed by atoms with E-state index >= 15 is 0 Å². The monoisotopic (exact) mass is 910 g/mol. The molecule has 0 saturated carbocycles. The first-order valence-electron chi connectivity index (χ1n) is 23.7. The summed E-state index contributed by atoms with van der Waals surface area (Å²) in [6, 6.07) is 55.8. The quantitative estimate of drug-likeness (QED) is 0.165.